The van der Waals surface area contributed by atoms with E-state index < -0.39 is 0 Å². The van der Waals surface area contributed by atoms with E-state index in [-0.39, 0.29) is 20.3 Å². The molecular weight excluding hydrogens is 377 g/mol. The number of aromatic nitrogens is 3. The van der Waals surface area contributed by atoms with Gasteiger partial charge in [0, 0.05) is 0 Å². The Bertz CT molecular complexity index is 1030. The Labute approximate surface area is 141 Å². The van der Waals surface area contributed by atoms with Crippen molar-refractivity contribution in [1.82, 2.24) is 13.8 Å². The van der Waals surface area contributed by atoms with Crippen LogP contribution in [0.25, 0.3) is 25.3 Å². The predicted molar refractivity (Wildman–Crippen MR) is 91.9 cm³/mol. The fourth-order valence-corrected chi connectivity index (χ4v) is 5.29. The van der Waals surface area contributed by atoms with Gasteiger partial charge in [-0.3, -0.25) is 0 Å². The first-order valence-electron chi connectivity index (χ1n) is 6.85. The second-order valence-corrected chi connectivity index (χ2v) is 7.83. The Hall–Kier alpha value is -2.21. The van der Waals surface area contributed by atoms with Crippen LogP contribution in [0.5, 0.6) is 5.75 Å². The van der Waals surface area contributed by atoms with Crippen LogP contribution in [0.15, 0.2) is 53.3 Å². The summed E-state index contributed by atoms with van der Waals surface area (Å²) in [5.74, 6) is 0.798. The first-order valence-corrected chi connectivity index (χ1v) is 9.29. The van der Waals surface area contributed by atoms with Gasteiger partial charge in [0.25, 0.3) is 0 Å². The van der Waals surface area contributed by atoms with Gasteiger partial charge in [-0.1, -0.05) is 0 Å². The first kappa shape index (κ1) is 14.4. The van der Waals surface area contributed by atoms with Gasteiger partial charge in [0.1, 0.15) is 0 Å². The van der Waals surface area contributed by atoms with Crippen molar-refractivity contribution >= 4 is 35.7 Å². The third-order valence-corrected chi connectivity index (χ3v) is 6.89. The summed E-state index contributed by atoms with van der Waals surface area (Å²) in [6, 6.07) is 15.4. The summed E-state index contributed by atoms with van der Waals surface area (Å²) in [6.45, 7) is 0. The van der Waals surface area contributed by atoms with Gasteiger partial charge >= 0.3 is 142 Å². The Morgan fingerprint density at radius 1 is 1.09 bits per heavy atom. The second kappa shape index (κ2) is 5.77. The van der Waals surface area contributed by atoms with E-state index >= 15 is 0 Å². The quantitative estimate of drug-likeness (QED) is 0.507. The molecule has 7 heteroatoms. The Kier molecular flexibility index (Phi) is 3.61. The monoisotopic (exact) mass is 389 g/mol. The second-order valence-electron chi connectivity index (χ2n) is 4.81. The van der Waals surface area contributed by atoms with Gasteiger partial charge < -0.3 is 0 Å². The molecule has 0 N–H and O–H groups in total. The van der Waals surface area contributed by atoms with Crippen molar-refractivity contribution in [2.24, 2.45) is 0 Å². The fourth-order valence-electron chi connectivity index (χ4n) is 2.25. The maximum absolute atomic E-state index is 12.5. The van der Waals surface area contributed by atoms with Crippen LogP contribution < -0.4 is 10.3 Å². The average molecular weight is 388 g/mol. The van der Waals surface area contributed by atoms with Crippen LogP contribution in [0.1, 0.15) is 0 Å². The molecule has 4 rings (SSSR count). The fraction of sp³-hybridized carbons (Fsp3) is 0.0625. The van der Waals surface area contributed by atoms with Crippen LogP contribution in [0.4, 0.5) is 0 Å². The van der Waals surface area contributed by atoms with Gasteiger partial charge in [-0.2, -0.15) is 0 Å². The van der Waals surface area contributed by atoms with Crippen molar-refractivity contribution in [3.63, 3.8) is 0 Å². The Balaban J connectivity index is 1.77. The molecule has 2 heterocycles. The van der Waals surface area contributed by atoms with E-state index in [1.165, 1.54) is 11.3 Å². The molecule has 4 aromatic rings. The van der Waals surface area contributed by atoms with E-state index in [2.05, 4.69) is 10.2 Å². The van der Waals surface area contributed by atoms with Gasteiger partial charge in [0.15, 0.2) is 0 Å². The summed E-state index contributed by atoms with van der Waals surface area (Å²) in [5, 5.41) is 10.7. The van der Waals surface area contributed by atoms with Gasteiger partial charge in [-0.15, -0.1) is 0 Å². The van der Waals surface area contributed by atoms with Crippen LogP contribution in [-0.2, 0) is 0 Å². The molecule has 23 heavy (non-hydrogen) atoms. The number of ether oxygens (including phenoxy) is 1. The van der Waals surface area contributed by atoms with E-state index in [1.807, 2.05) is 48.5 Å². The third-order valence-electron chi connectivity index (χ3n) is 3.42. The third kappa shape index (κ3) is 2.53. The molecule has 0 radical (unpaired) electrons. The average Bonchev–Trinajstić information content (AvgIpc) is 3.20. The zero-order valence-corrected chi connectivity index (χ0v) is 14.6. The zero-order valence-electron chi connectivity index (χ0n) is 12.1. The standard InChI is InChI=1S/C16H11N3O2SSe/c1-21-11-8-6-10(7-9-11)14-17-18-16(22-14)19-15(20)12-4-2-3-5-13(12)23-19/h2-9H,1H3. The number of methoxy groups -OCH3 is 1. The van der Waals surface area contributed by atoms with E-state index in [9.17, 15) is 4.79 Å². The summed E-state index contributed by atoms with van der Waals surface area (Å²) in [7, 11) is 1.64. The summed E-state index contributed by atoms with van der Waals surface area (Å²) >= 11 is 1.35. The van der Waals surface area contributed by atoms with E-state index in [0.29, 0.717) is 5.13 Å². The zero-order chi connectivity index (χ0) is 15.8. The number of hydrogen-bond acceptors (Lipinski definition) is 5. The van der Waals surface area contributed by atoms with Crippen molar-refractivity contribution in [3.05, 3.63) is 58.9 Å². The first-order chi connectivity index (χ1) is 11.3. The maximum atomic E-state index is 12.5. The SMILES string of the molecule is COc1ccc(-c2nnc(-n3[se]c4ccccc4c3=O)s2)cc1. The molecule has 0 saturated heterocycles. The molecule has 0 unspecified atom stereocenters. The molecule has 0 atom stereocenters. The summed E-state index contributed by atoms with van der Waals surface area (Å²) < 4.78 is 7.99. The molecule has 114 valence electrons. The molecule has 5 nitrogen and oxygen atoms in total. The topological polar surface area (TPSA) is 57.0 Å². The molecule has 0 saturated carbocycles. The number of fused-ring (bicyclic) bond motifs is 1. The summed E-state index contributed by atoms with van der Waals surface area (Å²) in [5.41, 5.74) is 0.976. The summed E-state index contributed by atoms with van der Waals surface area (Å²) in [6.07, 6.45) is 0. The molecule has 0 aliphatic rings. The molecule has 0 aliphatic carbocycles. The number of benzene rings is 2. The van der Waals surface area contributed by atoms with Crippen molar-refractivity contribution in [2.45, 2.75) is 0 Å². The van der Waals surface area contributed by atoms with Crippen molar-refractivity contribution in [2.75, 3.05) is 7.11 Å². The molecule has 0 fully saturated rings. The Morgan fingerprint density at radius 2 is 1.87 bits per heavy atom. The van der Waals surface area contributed by atoms with Crippen molar-refractivity contribution in [1.29, 1.82) is 0 Å². The minimum atomic E-state index is -0.0790. The van der Waals surface area contributed by atoms with Crippen LogP contribution in [0.3, 0.4) is 0 Å². The molecule has 0 spiro atoms. The molecule has 2 aromatic carbocycles. The van der Waals surface area contributed by atoms with Gasteiger partial charge in [-0.25, -0.2) is 0 Å². The van der Waals surface area contributed by atoms with Gasteiger partial charge in [0.2, 0.25) is 0 Å². The van der Waals surface area contributed by atoms with Crippen molar-refractivity contribution < 1.29 is 4.74 Å². The molecule has 0 amide bonds. The van der Waals surface area contributed by atoms with Gasteiger partial charge in [-0.05, 0) is 0 Å². The van der Waals surface area contributed by atoms with E-state index in [1.54, 1.807) is 10.7 Å². The van der Waals surface area contributed by atoms with Crippen LogP contribution in [0, 0.1) is 0 Å². The molecule has 0 bridgehead atoms. The molecular formula is C16H11N3O2SSe. The van der Waals surface area contributed by atoms with Crippen molar-refractivity contribution in [3.8, 4) is 21.5 Å². The van der Waals surface area contributed by atoms with Gasteiger partial charge in [0.05, 0.1) is 0 Å². The Morgan fingerprint density at radius 3 is 2.61 bits per heavy atom. The minimum absolute atomic E-state index is 0.0121. The normalized spacial score (nSPS) is 11.0. The molecule has 2 aromatic heterocycles. The van der Waals surface area contributed by atoms with Crippen LogP contribution >= 0.6 is 11.3 Å². The van der Waals surface area contributed by atoms with Crippen LogP contribution in [-0.4, -0.2) is 35.6 Å². The number of rotatable bonds is 3. The number of nitrogens with zero attached hydrogens (tertiary/aromatic N) is 3. The van der Waals surface area contributed by atoms with E-state index in [0.717, 1.165) is 26.0 Å². The number of hydrogen-bond donors (Lipinski definition) is 0. The van der Waals surface area contributed by atoms with E-state index in [4.69, 9.17) is 4.74 Å². The summed E-state index contributed by atoms with van der Waals surface area (Å²) in [4.78, 5) is 12.5. The van der Waals surface area contributed by atoms with Crippen LogP contribution in [0.2, 0.25) is 0 Å². The predicted octanol–water partition coefficient (Wildman–Crippen LogP) is 2.57. The molecule has 0 aliphatic heterocycles.